The Morgan fingerprint density at radius 3 is 2.33 bits per heavy atom. The van der Waals surface area contributed by atoms with E-state index >= 15 is 0 Å². The van der Waals surface area contributed by atoms with Crippen LogP contribution < -0.4 is 0 Å². The number of carbonyl (C=O) groups is 1. The fourth-order valence-electron chi connectivity index (χ4n) is 1.68. The fraction of sp³-hybridized carbons (Fsp3) is 0.688. The highest BCUT2D eigenvalue weighted by Gasteiger charge is 1.94. The highest BCUT2D eigenvalue weighted by Crippen LogP contribution is 2.07. The monoisotopic (exact) mass is 252 g/mol. The molecule has 0 N–H and O–H groups in total. The summed E-state index contributed by atoms with van der Waals surface area (Å²) in [5.41, 5.74) is 0. The smallest absolute Gasteiger partial charge is 0.309 e. The first-order valence-electron chi connectivity index (χ1n) is 7.28. The van der Waals surface area contributed by atoms with Gasteiger partial charge in [-0.1, -0.05) is 63.3 Å². The van der Waals surface area contributed by atoms with Crippen molar-refractivity contribution < 1.29 is 9.53 Å². The van der Waals surface area contributed by atoms with Gasteiger partial charge in [0.25, 0.3) is 0 Å². The molecule has 2 nitrogen and oxygen atoms in total. The van der Waals surface area contributed by atoms with E-state index in [0.29, 0.717) is 13.0 Å². The molecule has 104 valence electrons. The van der Waals surface area contributed by atoms with Gasteiger partial charge in [-0.2, -0.15) is 0 Å². The molecule has 0 spiro atoms. The Balaban J connectivity index is 3.32. The van der Waals surface area contributed by atoms with Crippen molar-refractivity contribution in [3.8, 4) is 0 Å². The lowest BCUT2D eigenvalue weighted by atomic mass is 10.1. The maximum absolute atomic E-state index is 11.0. The van der Waals surface area contributed by atoms with Gasteiger partial charge in [-0.25, -0.2) is 0 Å². The van der Waals surface area contributed by atoms with Crippen LogP contribution >= 0.6 is 0 Å². The molecule has 0 aliphatic heterocycles. The zero-order valence-electron chi connectivity index (χ0n) is 12.0. The Hall–Kier alpha value is -1.05. The lowest BCUT2D eigenvalue weighted by Crippen LogP contribution is -2.01. The minimum absolute atomic E-state index is 0.155. The quantitative estimate of drug-likeness (QED) is 0.300. The predicted molar refractivity (Wildman–Crippen MR) is 77.5 cm³/mol. The number of allylic oxidation sites excluding steroid dienone is 3. The summed E-state index contributed by atoms with van der Waals surface area (Å²) in [5.74, 6) is -0.155. The Labute approximate surface area is 112 Å². The van der Waals surface area contributed by atoms with Gasteiger partial charge in [-0.15, -0.1) is 0 Å². The molecular weight excluding hydrogens is 224 g/mol. The largest absolute Gasteiger partial charge is 0.466 e. The van der Waals surface area contributed by atoms with E-state index in [1.165, 1.54) is 38.5 Å². The number of hydrogen-bond acceptors (Lipinski definition) is 2. The van der Waals surface area contributed by atoms with Crippen molar-refractivity contribution >= 4 is 5.97 Å². The van der Waals surface area contributed by atoms with Gasteiger partial charge in [-0.3, -0.25) is 4.79 Å². The van der Waals surface area contributed by atoms with Crippen LogP contribution in [0.2, 0.25) is 0 Å². The molecule has 0 aliphatic carbocycles. The minimum atomic E-state index is -0.155. The molecule has 18 heavy (non-hydrogen) atoms. The maximum atomic E-state index is 11.0. The third-order valence-corrected chi connectivity index (χ3v) is 2.70. The highest BCUT2D eigenvalue weighted by atomic mass is 16.5. The number of esters is 1. The Bertz CT molecular complexity index is 241. The second-order valence-electron chi connectivity index (χ2n) is 4.42. The van der Waals surface area contributed by atoms with Gasteiger partial charge in [0, 0.05) is 0 Å². The third kappa shape index (κ3) is 13.0. The van der Waals surface area contributed by atoms with Gasteiger partial charge in [0.1, 0.15) is 0 Å². The van der Waals surface area contributed by atoms with Gasteiger partial charge in [-0.05, 0) is 19.8 Å². The summed E-state index contributed by atoms with van der Waals surface area (Å²) >= 11 is 0. The van der Waals surface area contributed by atoms with Crippen molar-refractivity contribution in [2.75, 3.05) is 6.61 Å². The zero-order chi connectivity index (χ0) is 13.5. The summed E-state index contributed by atoms with van der Waals surface area (Å²) in [4.78, 5) is 11.0. The minimum Gasteiger partial charge on any atom is -0.466 e. The van der Waals surface area contributed by atoms with E-state index in [9.17, 15) is 4.79 Å². The number of unbranched alkanes of at least 4 members (excludes halogenated alkanes) is 6. The molecule has 0 heterocycles. The predicted octanol–water partition coefficient (Wildman–Crippen LogP) is 4.80. The molecule has 0 atom stereocenters. The number of hydrogen-bond donors (Lipinski definition) is 0. The summed E-state index contributed by atoms with van der Waals surface area (Å²) in [6, 6.07) is 0. The lowest BCUT2D eigenvalue weighted by molar-refractivity contribution is -0.142. The maximum Gasteiger partial charge on any atom is 0.309 e. The van der Waals surface area contributed by atoms with Gasteiger partial charge in [0.2, 0.25) is 0 Å². The Morgan fingerprint density at radius 1 is 0.944 bits per heavy atom. The first-order valence-corrected chi connectivity index (χ1v) is 7.28. The molecule has 0 aliphatic rings. The van der Waals surface area contributed by atoms with Crippen molar-refractivity contribution in [3.05, 3.63) is 24.3 Å². The standard InChI is InChI=1S/C16H28O2/c1-3-5-6-7-8-9-10-11-12-13-14-15-16(17)18-4-2/h11-14H,3-10,15H2,1-2H3/b12-11+,14-13+. The van der Waals surface area contributed by atoms with Crippen LogP contribution in [0.5, 0.6) is 0 Å². The van der Waals surface area contributed by atoms with Gasteiger partial charge in [0.05, 0.1) is 13.0 Å². The highest BCUT2D eigenvalue weighted by molar-refractivity contribution is 5.71. The third-order valence-electron chi connectivity index (χ3n) is 2.70. The molecule has 0 rings (SSSR count). The van der Waals surface area contributed by atoms with Gasteiger partial charge < -0.3 is 4.74 Å². The van der Waals surface area contributed by atoms with E-state index < -0.39 is 0 Å². The SMILES string of the molecule is CCCCCCCC/C=C/C=C/CC(=O)OCC. The first kappa shape index (κ1) is 16.9. The average molecular weight is 252 g/mol. The van der Waals surface area contributed by atoms with Crippen LogP contribution in [0, 0.1) is 0 Å². The molecule has 0 saturated heterocycles. The van der Waals surface area contributed by atoms with Gasteiger partial charge >= 0.3 is 5.97 Å². The van der Waals surface area contributed by atoms with Crippen molar-refractivity contribution in [3.63, 3.8) is 0 Å². The zero-order valence-corrected chi connectivity index (χ0v) is 12.0. The van der Waals surface area contributed by atoms with Crippen molar-refractivity contribution in [1.82, 2.24) is 0 Å². The molecule has 0 aromatic carbocycles. The van der Waals surface area contributed by atoms with Crippen LogP contribution in [0.25, 0.3) is 0 Å². The molecular formula is C16H28O2. The molecule has 0 fully saturated rings. The van der Waals surface area contributed by atoms with E-state index in [0.717, 1.165) is 6.42 Å². The lowest BCUT2D eigenvalue weighted by Gasteiger charge is -1.97. The summed E-state index contributed by atoms with van der Waals surface area (Å²) < 4.78 is 4.82. The average Bonchev–Trinajstić information content (AvgIpc) is 2.36. The number of rotatable bonds is 11. The molecule has 0 aromatic rings. The van der Waals surface area contributed by atoms with E-state index in [1.54, 1.807) is 0 Å². The molecule has 0 bridgehead atoms. The van der Waals surface area contributed by atoms with E-state index in [2.05, 4.69) is 13.0 Å². The van der Waals surface area contributed by atoms with Crippen LogP contribution in [0.3, 0.4) is 0 Å². The molecule has 0 radical (unpaired) electrons. The van der Waals surface area contributed by atoms with Crippen LogP contribution in [0.4, 0.5) is 0 Å². The summed E-state index contributed by atoms with van der Waals surface area (Å²) in [6.07, 6.45) is 17.5. The molecule has 0 aromatic heterocycles. The van der Waals surface area contributed by atoms with Crippen LogP contribution in [-0.2, 0) is 9.53 Å². The summed E-state index contributed by atoms with van der Waals surface area (Å²) in [6.45, 7) is 4.52. The first-order chi connectivity index (χ1) is 8.81. The fourth-order valence-corrected chi connectivity index (χ4v) is 1.68. The van der Waals surface area contributed by atoms with Crippen LogP contribution in [0.1, 0.15) is 65.2 Å². The Kier molecular flexibility index (Phi) is 13.2. The van der Waals surface area contributed by atoms with E-state index in [4.69, 9.17) is 4.74 Å². The van der Waals surface area contributed by atoms with E-state index in [-0.39, 0.29) is 5.97 Å². The summed E-state index contributed by atoms with van der Waals surface area (Å²) in [5, 5.41) is 0. The molecule has 0 saturated carbocycles. The van der Waals surface area contributed by atoms with Crippen molar-refractivity contribution in [2.24, 2.45) is 0 Å². The Morgan fingerprint density at radius 2 is 1.61 bits per heavy atom. The molecule has 0 amide bonds. The van der Waals surface area contributed by atoms with Crippen molar-refractivity contribution in [1.29, 1.82) is 0 Å². The molecule has 0 unspecified atom stereocenters. The normalized spacial score (nSPS) is 11.4. The summed E-state index contributed by atoms with van der Waals surface area (Å²) in [7, 11) is 0. The number of carbonyl (C=O) groups excluding carboxylic acids is 1. The topological polar surface area (TPSA) is 26.3 Å². The van der Waals surface area contributed by atoms with E-state index in [1.807, 2.05) is 25.2 Å². The van der Waals surface area contributed by atoms with Gasteiger partial charge in [0.15, 0.2) is 0 Å². The second kappa shape index (κ2) is 14.0. The number of ether oxygens (including phenoxy) is 1. The van der Waals surface area contributed by atoms with Crippen molar-refractivity contribution in [2.45, 2.75) is 65.2 Å². The van der Waals surface area contributed by atoms with Crippen LogP contribution in [-0.4, -0.2) is 12.6 Å². The van der Waals surface area contributed by atoms with Crippen LogP contribution in [0.15, 0.2) is 24.3 Å². The molecule has 2 heteroatoms. The second-order valence-corrected chi connectivity index (χ2v) is 4.42.